The summed E-state index contributed by atoms with van der Waals surface area (Å²) < 4.78 is 0. The number of rotatable bonds is 4. The van der Waals surface area contributed by atoms with E-state index in [1.807, 2.05) is 54.7 Å². The van der Waals surface area contributed by atoms with E-state index in [-0.39, 0.29) is 5.91 Å². The van der Waals surface area contributed by atoms with Crippen LogP contribution >= 0.6 is 0 Å². The molecule has 0 bridgehead atoms. The maximum Gasteiger partial charge on any atom is 0.229 e. The van der Waals surface area contributed by atoms with Gasteiger partial charge in [0.25, 0.3) is 0 Å². The summed E-state index contributed by atoms with van der Waals surface area (Å²) in [6.07, 6.45) is 5.73. The van der Waals surface area contributed by atoms with Gasteiger partial charge in [0.15, 0.2) is 0 Å². The van der Waals surface area contributed by atoms with Gasteiger partial charge in [-0.1, -0.05) is 42.5 Å². The molecule has 0 saturated heterocycles. The number of hydrogen-bond acceptors (Lipinski definition) is 3. The summed E-state index contributed by atoms with van der Waals surface area (Å²) in [6.45, 7) is 0. The van der Waals surface area contributed by atoms with Gasteiger partial charge in [0.05, 0.1) is 12.6 Å². The number of fused-ring (bicyclic) bond motifs is 1. The highest BCUT2D eigenvalue weighted by atomic mass is 16.1. The minimum Gasteiger partial charge on any atom is -0.310 e. The van der Waals surface area contributed by atoms with Gasteiger partial charge in [-0.15, -0.1) is 0 Å². The number of benzene rings is 2. The molecule has 0 aliphatic carbocycles. The zero-order chi connectivity index (χ0) is 17.1. The third-order valence-corrected chi connectivity index (χ3v) is 4.03. The van der Waals surface area contributed by atoms with Crippen molar-refractivity contribution in [1.29, 1.82) is 0 Å². The Hall–Kier alpha value is -3.47. The first-order chi connectivity index (χ1) is 12.3. The SMILES string of the molecule is O=C(Cc1ccccc1)Nc1cc2cc(-c3cn[nH]c3)ccc2cn1. The normalized spacial score (nSPS) is 10.7. The van der Waals surface area contributed by atoms with Crippen molar-refractivity contribution in [3.63, 3.8) is 0 Å². The van der Waals surface area contributed by atoms with Gasteiger partial charge in [-0.2, -0.15) is 5.10 Å². The lowest BCUT2D eigenvalue weighted by Gasteiger charge is -2.07. The average molecular weight is 328 g/mol. The molecule has 25 heavy (non-hydrogen) atoms. The average Bonchev–Trinajstić information content (AvgIpc) is 3.16. The number of aromatic amines is 1. The van der Waals surface area contributed by atoms with Crippen LogP contribution in [-0.2, 0) is 11.2 Å². The Balaban J connectivity index is 1.56. The van der Waals surface area contributed by atoms with E-state index in [1.54, 1.807) is 12.4 Å². The predicted octanol–water partition coefficient (Wildman–Crippen LogP) is 3.81. The molecule has 1 amide bonds. The highest BCUT2D eigenvalue weighted by Crippen LogP contribution is 2.24. The molecule has 0 fully saturated rings. The quantitative estimate of drug-likeness (QED) is 0.598. The molecule has 0 unspecified atom stereocenters. The molecule has 5 heteroatoms. The summed E-state index contributed by atoms with van der Waals surface area (Å²) in [4.78, 5) is 16.5. The van der Waals surface area contributed by atoms with E-state index in [0.717, 1.165) is 27.5 Å². The fourth-order valence-corrected chi connectivity index (χ4v) is 2.77. The van der Waals surface area contributed by atoms with Crippen molar-refractivity contribution in [2.75, 3.05) is 5.32 Å². The number of carbonyl (C=O) groups is 1. The Kier molecular flexibility index (Phi) is 3.96. The fraction of sp³-hybridized carbons (Fsp3) is 0.0500. The first-order valence-corrected chi connectivity index (χ1v) is 8.01. The van der Waals surface area contributed by atoms with Crippen molar-refractivity contribution in [1.82, 2.24) is 15.2 Å². The van der Waals surface area contributed by atoms with Gasteiger partial charge in [0.1, 0.15) is 5.82 Å². The van der Waals surface area contributed by atoms with Crippen LogP contribution in [0.3, 0.4) is 0 Å². The molecule has 0 radical (unpaired) electrons. The first-order valence-electron chi connectivity index (χ1n) is 8.01. The second-order valence-electron chi connectivity index (χ2n) is 5.83. The molecule has 2 N–H and O–H groups in total. The van der Waals surface area contributed by atoms with Gasteiger partial charge in [-0.25, -0.2) is 4.98 Å². The topological polar surface area (TPSA) is 70.7 Å². The van der Waals surface area contributed by atoms with E-state index in [2.05, 4.69) is 26.6 Å². The standard InChI is InChI=1S/C20H16N4O/c25-20(8-14-4-2-1-3-5-14)24-19-10-17-9-15(18-12-22-23-13-18)6-7-16(17)11-21-19/h1-7,9-13H,8H2,(H,22,23)(H,21,24,25). The van der Waals surface area contributed by atoms with Crippen LogP contribution in [0, 0.1) is 0 Å². The van der Waals surface area contributed by atoms with E-state index in [4.69, 9.17) is 0 Å². The van der Waals surface area contributed by atoms with E-state index in [9.17, 15) is 4.79 Å². The largest absolute Gasteiger partial charge is 0.310 e. The molecule has 2 aromatic carbocycles. The van der Waals surface area contributed by atoms with Crippen LogP contribution in [0.4, 0.5) is 5.82 Å². The Bertz CT molecular complexity index is 1010. The van der Waals surface area contributed by atoms with E-state index in [0.29, 0.717) is 12.2 Å². The number of pyridine rings is 1. The van der Waals surface area contributed by atoms with Gasteiger partial charge < -0.3 is 5.32 Å². The maximum absolute atomic E-state index is 12.2. The van der Waals surface area contributed by atoms with Crippen molar-refractivity contribution >= 4 is 22.5 Å². The van der Waals surface area contributed by atoms with Crippen molar-refractivity contribution in [3.05, 3.63) is 78.8 Å². The van der Waals surface area contributed by atoms with E-state index < -0.39 is 0 Å². The lowest BCUT2D eigenvalue weighted by atomic mass is 10.1. The molecule has 0 saturated carbocycles. The Morgan fingerprint density at radius 2 is 1.84 bits per heavy atom. The Morgan fingerprint density at radius 1 is 0.960 bits per heavy atom. The minimum absolute atomic E-state index is 0.0796. The van der Waals surface area contributed by atoms with Crippen molar-refractivity contribution < 1.29 is 4.79 Å². The number of carbonyl (C=O) groups excluding carboxylic acids is 1. The summed E-state index contributed by atoms with van der Waals surface area (Å²) in [5.74, 6) is 0.474. The highest BCUT2D eigenvalue weighted by Gasteiger charge is 2.07. The number of aromatic nitrogens is 3. The van der Waals surface area contributed by atoms with E-state index >= 15 is 0 Å². The van der Waals surface area contributed by atoms with Crippen LogP contribution in [0.15, 0.2) is 73.2 Å². The number of anilines is 1. The van der Waals surface area contributed by atoms with Gasteiger partial charge in [0.2, 0.25) is 5.91 Å². The molecule has 2 heterocycles. The van der Waals surface area contributed by atoms with Crippen molar-refractivity contribution in [2.45, 2.75) is 6.42 Å². The summed E-state index contributed by atoms with van der Waals surface area (Å²) in [5.41, 5.74) is 3.06. The van der Waals surface area contributed by atoms with E-state index in [1.165, 1.54) is 0 Å². The van der Waals surface area contributed by atoms with Crippen molar-refractivity contribution in [2.24, 2.45) is 0 Å². The number of nitrogens with one attached hydrogen (secondary N) is 2. The van der Waals surface area contributed by atoms with Crippen LogP contribution in [0.5, 0.6) is 0 Å². The second kappa shape index (κ2) is 6.57. The smallest absolute Gasteiger partial charge is 0.229 e. The van der Waals surface area contributed by atoms with Crippen LogP contribution < -0.4 is 5.32 Å². The van der Waals surface area contributed by atoms with Crippen molar-refractivity contribution in [3.8, 4) is 11.1 Å². The highest BCUT2D eigenvalue weighted by molar-refractivity contribution is 5.94. The first kappa shape index (κ1) is 15.1. The van der Waals surface area contributed by atoms with Gasteiger partial charge >= 0.3 is 0 Å². The lowest BCUT2D eigenvalue weighted by molar-refractivity contribution is -0.115. The summed E-state index contributed by atoms with van der Waals surface area (Å²) in [6, 6.07) is 17.7. The van der Waals surface area contributed by atoms with Gasteiger partial charge in [0, 0.05) is 23.3 Å². The van der Waals surface area contributed by atoms with Crippen LogP contribution in [0.25, 0.3) is 21.9 Å². The summed E-state index contributed by atoms with van der Waals surface area (Å²) in [5, 5.41) is 11.7. The summed E-state index contributed by atoms with van der Waals surface area (Å²) in [7, 11) is 0. The third-order valence-electron chi connectivity index (χ3n) is 4.03. The molecule has 2 aromatic heterocycles. The van der Waals surface area contributed by atoms with Gasteiger partial charge in [-0.05, 0) is 28.6 Å². The minimum atomic E-state index is -0.0796. The molecule has 0 spiro atoms. The van der Waals surface area contributed by atoms with Crippen LogP contribution in [0.1, 0.15) is 5.56 Å². The van der Waals surface area contributed by atoms with Gasteiger partial charge in [-0.3, -0.25) is 9.89 Å². The zero-order valence-electron chi connectivity index (χ0n) is 13.4. The zero-order valence-corrected chi connectivity index (χ0v) is 13.4. The Labute approximate surface area is 144 Å². The third kappa shape index (κ3) is 3.40. The number of amides is 1. The molecule has 5 nitrogen and oxygen atoms in total. The molecular weight excluding hydrogens is 312 g/mol. The second-order valence-corrected chi connectivity index (χ2v) is 5.83. The lowest BCUT2D eigenvalue weighted by Crippen LogP contribution is -2.15. The molecule has 4 aromatic rings. The molecular formula is C20H16N4O. The molecule has 4 rings (SSSR count). The summed E-state index contributed by atoms with van der Waals surface area (Å²) >= 11 is 0. The van der Waals surface area contributed by atoms with Crippen LogP contribution in [-0.4, -0.2) is 21.1 Å². The maximum atomic E-state index is 12.2. The molecule has 0 atom stereocenters. The molecule has 122 valence electrons. The number of hydrogen-bond donors (Lipinski definition) is 2. The fourth-order valence-electron chi connectivity index (χ4n) is 2.77. The Morgan fingerprint density at radius 3 is 2.64 bits per heavy atom. The number of H-pyrrole nitrogens is 1. The number of nitrogens with zero attached hydrogens (tertiary/aromatic N) is 2. The van der Waals surface area contributed by atoms with Crippen LogP contribution in [0.2, 0.25) is 0 Å². The molecule has 0 aliphatic rings. The predicted molar refractivity (Wildman–Crippen MR) is 98.1 cm³/mol. The molecule has 0 aliphatic heterocycles. The monoisotopic (exact) mass is 328 g/mol.